The van der Waals surface area contributed by atoms with E-state index < -0.39 is 14.6 Å². The van der Waals surface area contributed by atoms with Crippen molar-refractivity contribution in [2.75, 3.05) is 6.26 Å². The van der Waals surface area contributed by atoms with Crippen molar-refractivity contribution in [2.45, 2.75) is 25.0 Å². The summed E-state index contributed by atoms with van der Waals surface area (Å²) >= 11 is 1.60. The second-order valence-corrected chi connectivity index (χ2v) is 8.51. The summed E-state index contributed by atoms with van der Waals surface area (Å²) in [6.45, 7) is 3.39. The van der Waals surface area contributed by atoms with Gasteiger partial charge in [-0.15, -0.1) is 11.3 Å². The number of nitriles is 1. The number of benzene rings is 1. The van der Waals surface area contributed by atoms with Gasteiger partial charge in [-0.1, -0.05) is 6.07 Å². The van der Waals surface area contributed by atoms with Gasteiger partial charge in [0.15, 0.2) is 14.6 Å². The van der Waals surface area contributed by atoms with Gasteiger partial charge in [0.25, 0.3) is 0 Å². The number of aromatic nitrogens is 1. The molecule has 0 saturated heterocycles. The van der Waals surface area contributed by atoms with Crippen LogP contribution in [0.5, 0.6) is 0 Å². The third-order valence-electron chi connectivity index (χ3n) is 3.16. The molecule has 0 amide bonds. The zero-order chi connectivity index (χ0) is 14.3. The smallest absolute Gasteiger partial charge is 0.166 e. The van der Waals surface area contributed by atoms with Gasteiger partial charge in [0.05, 0.1) is 21.3 Å². The molecule has 4 nitrogen and oxygen atoms in total. The third-order valence-corrected chi connectivity index (χ3v) is 5.98. The average Bonchev–Trinajstić information content (AvgIpc) is 2.66. The van der Waals surface area contributed by atoms with Crippen LogP contribution in [0.2, 0.25) is 0 Å². The van der Waals surface area contributed by atoms with Gasteiger partial charge in [0.2, 0.25) is 0 Å². The standard InChI is InChI=1S/C13H14N2O2S2/c1-9-15-11-6-10(4-5-12(11)18-9)7-13(2,8-14)19(3,16)17/h4-6H,7H2,1-3H3. The number of rotatable bonds is 3. The van der Waals surface area contributed by atoms with Gasteiger partial charge in [0.1, 0.15) is 0 Å². The molecule has 0 bridgehead atoms. The molecule has 0 fully saturated rings. The van der Waals surface area contributed by atoms with Gasteiger partial charge in [0, 0.05) is 12.7 Å². The fraction of sp³-hybridized carbons (Fsp3) is 0.385. The molecule has 1 aromatic heterocycles. The van der Waals surface area contributed by atoms with Crippen LogP contribution in [-0.4, -0.2) is 24.4 Å². The molecule has 0 aliphatic carbocycles. The molecule has 0 N–H and O–H groups in total. The highest BCUT2D eigenvalue weighted by Crippen LogP contribution is 2.26. The number of fused-ring (bicyclic) bond motifs is 1. The minimum Gasteiger partial charge on any atom is -0.242 e. The van der Waals surface area contributed by atoms with Crippen molar-refractivity contribution >= 4 is 31.4 Å². The van der Waals surface area contributed by atoms with Crippen LogP contribution in [0.25, 0.3) is 10.2 Å². The molecule has 2 aromatic rings. The molecule has 1 aromatic carbocycles. The van der Waals surface area contributed by atoms with E-state index >= 15 is 0 Å². The summed E-state index contributed by atoms with van der Waals surface area (Å²) in [5.74, 6) is 0. The predicted octanol–water partition coefficient (Wildman–Crippen LogP) is 2.47. The zero-order valence-electron chi connectivity index (χ0n) is 11.0. The van der Waals surface area contributed by atoms with Crippen molar-refractivity contribution in [2.24, 2.45) is 0 Å². The van der Waals surface area contributed by atoms with Gasteiger partial charge in [-0.05, 0) is 31.5 Å². The first kappa shape index (κ1) is 14.0. The molecule has 0 saturated carbocycles. The largest absolute Gasteiger partial charge is 0.242 e. The quantitative estimate of drug-likeness (QED) is 0.872. The topological polar surface area (TPSA) is 70.8 Å². The summed E-state index contributed by atoms with van der Waals surface area (Å²) in [6, 6.07) is 7.56. The Morgan fingerprint density at radius 1 is 1.47 bits per heavy atom. The molecule has 1 atom stereocenters. The first-order valence-corrected chi connectivity index (χ1v) is 8.43. The minimum atomic E-state index is -3.44. The van der Waals surface area contributed by atoms with E-state index in [2.05, 4.69) is 4.98 Å². The fourth-order valence-electron chi connectivity index (χ4n) is 1.84. The Hall–Kier alpha value is -1.45. The molecule has 1 heterocycles. The molecule has 0 aliphatic heterocycles. The summed E-state index contributed by atoms with van der Waals surface area (Å²) < 4.78 is 23.1. The molecule has 6 heteroatoms. The van der Waals surface area contributed by atoms with Crippen molar-refractivity contribution in [3.05, 3.63) is 28.8 Å². The van der Waals surface area contributed by atoms with Crippen LogP contribution in [0.4, 0.5) is 0 Å². The van der Waals surface area contributed by atoms with Crippen LogP contribution < -0.4 is 0 Å². The second kappa shape index (κ2) is 4.58. The van der Waals surface area contributed by atoms with Crippen LogP contribution >= 0.6 is 11.3 Å². The highest BCUT2D eigenvalue weighted by atomic mass is 32.2. The lowest BCUT2D eigenvalue weighted by molar-refractivity contribution is 0.570. The SMILES string of the molecule is Cc1nc2cc(CC(C)(C#N)S(C)(=O)=O)ccc2s1. The van der Waals surface area contributed by atoms with Crippen LogP contribution in [0.15, 0.2) is 18.2 Å². The zero-order valence-corrected chi connectivity index (χ0v) is 12.6. The Morgan fingerprint density at radius 2 is 2.16 bits per heavy atom. The summed E-state index contributed by atoms with van der Waals surface area (Å²) in [4.78, 5) is 4.38. The number of hydrogen-bond acceptors (Lipinski definition) is 5. The van der Waals surface area contributed by atoms with Gasteiger partial charge in [-0.25, -0.2) is 13.4 Å². The first-order chi connectivity index (χ1) is 8.75. The number of nitrogens with zero attached hydrogens (tertiary/aromatic N) is 2. The van der Waals surface area contributed by atoms with E-state index in [9.17, 15) is 8.42 Å². The Labute approximate surface area is 116 Å². The predicted molar refractivity (Wildman–Crippen MR) is 76.9 cm³/mol. The molecule has 100 valence electrons. The molecular formula is C13H14N2O2S2. The Morgan fingerprint density at radius 3 is 2.74 bits per heavy atom. The highest BCUT2D eigenvalue weighted by molar-refractivity contribution is 7.92. The number of thiazole rings is 1. The molecule has 0 aliphatic rings. The molecule has 0 radical (unpaired) electrons. The number of hydrogen-bond donors (Lipinski definition) is 0. The summed E-state index contributed by atoms with van der Waals surface area (Å²) in [5.41, 5.74) is 1.67. The van der Waals surface area contributed by atoms with Crippen LogP contribution in [0.1, 0.15) is 17.5 Å². The second-order valence-electron chi connectivity index (χ2n) is 4.83. The van der Waals surface area contributed by atoms with Crippen molar-refractivity contribution in [3.8, 4) is 6.07 Å². The van der Waals surface area contributed by atoms with E-state index in [0.29, 0.717) is 0 Å². The maximum Gasteiger partial charge on any atom is 0.166 e. The van der Waals surface area contributed by atoms with E-state index in [1.807, 2.05) is 31.2 Å². The van der Waals surface area contributed by atoms with Crippen molar-refractivity contribution < 1.29 is 8.42 Å². The van der Waals surface area contributed by atoms with E-state index in [1.54, 1.807) is 11.3 Å². The first-order valence-electron chi connectivity index (χ1n) is 5.72. The van der Waals surface area contributed by atoms with Gasteiger partial charge in [-0.2, -0.15) is 5.26 Å². The fourth-order valence-corrected chi connectivity index (χ4v) is 3.24. The summed E-state index contributed by atoms with van der Waals surface area (Å²) in [5, 5.41) is 10.1. The number of sulfone groups is 1. The lowest BCUT2D eigenvalue weighted by atomic mass is 10.0. The van der Waals surface area contributed by atoms with Gasteiger partial charge in [-0.3, -0.25) is 0 Å². The highest BCUT2D eigenvalue weighted by Gasteiger charge is 2.36. The average molecular weight is 294 g/mol. The lowest BCUT2D eigenvalue weighted by Gasteiger charge is -2.19. The normalized spacial score (nSPS) is 15.1. The van der Waals surface area contributed by atoms with Crippen LogP contribution in [0.3, 0.4) is 0 Å². The van der Waals surface area contributed by atoms with E-state index in [-0.39, 0.29) is 6.42 Å². The summed E-state index contributed by atoms with van der Waals surface area (Å²) in [7, 11) is -3.44. The van der Waals surface area contributed by atoms with Crippen LogP contribution in [0, 0.1) is 18.3 Å². The molecular weight excluding hydrogens is 280 g/mol. The van der Waals surface area contributed by atoms with Crippen molar-refractivity contribution in [1.29, 1.82) is 5.26 Å². The third kappa shape index (κ3) is 2.62. The maximum absolute atomic E-state index is 11.7. The maximum atomic E-state index is 11.7. The molecule has 0 spiro atoms. The molecule has 2 rings (SSSR count). The van der Waals surface area contributed by atoms with Gasteiger partial charge >= 0.3 is 0 Å². The Kier molecular flexibility index (Phi) is 3.37. The lowest BCUT2D eigenvalue weighted by Crippen LogP contribution is -2.35. The Bertz CT molecular complexity index is 772. The van der Waals surface area contributed by atoms with E-state index in [4.69, 9.17) is 5.26 Å². The van der Waals surface area contributed by atoms with Crippen molar-refractivity contribution in [3.63, 3.8) is 0 Å². The van der Waals surface area contributed by atoms with Gasteiger partial charge < -0.3 is 0 Å². The Balaban J connectivity index is 2.43. The molecule has 1 unspecified atom stereocenters. The monoisotopic (exact) mass is 294 g/mol. The van der Waals surface area contributed by atoms with E-state index in [0.717, 1.165) is 27.0 Å². The minimum absolute atomic E-state index is 0.175. The summed E-state index contributed by atoms with van der Waals surface area (Å²) in [6.07, 6.45) is 1.27. The van der Waals surface area contributed by atoms with Crippen LogP contribution in [-0.2, 0) is 16.3 Å². The molecule has 19 heavy (non-hydrogen) atoms. The van der Waals surface area contributed by atoms with E-state index in [1.165, 1.54) is 6.92 Å². The number of aryl methyl sites for hydroxylation is 1. The van der Waals surface area contributed by atoms with Crippen molar-refractivity contribution in [1.82, 2.24) is 4.98 Å².